The summed E-state index contributed by atoms with van der Waals surface area (Å²) in [4.78, 5) is 2.31. The molecular formula is C14H17BrN2. The van der Waals surface area contributed by atoms with Gasteiger partial charge >= 0.3 is 0 Å². The van der Waals surface area contributed by atoms with E-state index < -0.39 is 0 Å². The molecule has 1 aliphatic heterocycles. The highest BCUT2D eigenvalue weighted by molar-refractivity contribution is 9.10. The molecule has 1 atom stereocenters. The molecule has 0 saturated heterocycles. The van der Waals surface area contributed by atoms with Gasteiger partial charge in [0, 0.05) is 23.8 Å². The smallest absolute Gasteiger partial charge is 0.0512 e. The van der Waals surface area contributed by atoms with Crippen molar-refractivity contribution in [1.82, 2.24) is 4.90 Å². The van der Waals surface area contributed by atoms with Gasteiger partial charge in [-0.05, 0) is 30.2 Å². The molecule has 1 heterocycles. The zero-order valence-electron chi connectivity index (χ0n) is 9.94. The van der Waals surface area contributed by atoms with Crippen molar-refractivity contribution in [3.63, 3.8) is 0 Å². The lowest BCUT2D eigenvalue weighted by molar-refractivity contribution is 0.323. The van der Waals surface area contributed by atoms with Crippen molar-refractivity contribution >= 4 is 15.9 Å². The lowest BCUT2D eigenvalue weighted by Crippen LogP contribution is -2.25. The van der Waals surface area contributed by atoms with Gasteiger partial charge in [0.2, 0.25) is 0 Å². The fourth-order valence-electron chi connectivity index (χ4n) is 1.96. The van der Waals surface area contributed by atoms with Crippen LogP contribution in [0.25, 0.3) is 0 Å². The Morgan fingerprint density at radius 3 is 2.71 bits per heavy atom. The molecule has 1 unspecified atom stereocenters. The molecule has 0 aliphatic carbocycles. The summed E-state index contributed by atoms with van der Waals surface area (Å²) in [5.74, 6) is 0. The molecule has 90 valence electrons. The second kappa shape index (κ2) is 5.52. The van der Waals surface area contributed by atoms with E-state index in [1.165, 1.54) is 11.1 Å². The number of hydrogen-bond donors (Lipinski definition) is 1. The van der Waals surface area contributed by atoms with Gasteiger partial charge in [-0.3, -0.25) is 0 Å². The van der Waals surface area contributed by atoms with Crippen LogP contribution in [0.2, 0.25) is 0 Å². The van der Waals surface area contributed by atoms with Gasteiger partial charge in [0.25, 0.3) is 0 Å². The van der Waals surface area contributed by atoms with Crippen LogP contribution in [-0.2, 0) is 0 Å². The van der Waals surface area contributed by atoms with Crippen LogP contribution in [0.4, 0.5) is 0 Å². The van der Waals surface area contributed by atoms with Crippen molar-refractivity contribution in [3.05, 3.63) is 58.2 Å². The van der Waals surface area contributed by atoms with Gasteiger partial charge in [-0.25, -0.2) is 0 Å². The van der Waals surface area contributed by atoms with Gasteiger partial charge in [-0.15, -0.1) is 0 Å². The van der Waals surface area contributed by atoms with E-state index in [9.17, 15) is 0 Å². The first kappa shape index (κ1) is 12.4. The zero-order chi connectivity index (χ0) is 12.3. The Bertz CT molecular complexity index is 434. The van der Waals surface area contributed by atoms with Crippen LogP contribution in [0, 0.1) is 0 Å². The zero-order valence-corrected chi connectivity index (χ0v) is 11.5. The summed E-state index contributed by atoms with van der Waals surface area (Å²) in [6.45, 7) is 3.76. The summed E-state index contributed by atoms with van der Waals surface area (Å²) in [5.41, 5.74) is 8.17. The summed E-state index contributed by atoms with van der Waals surface area (Å²) in [6, 6.07) is 8.85. The quantitative estimate of drug-likeness (QED) is 0.927. The summed E-state index contributed by atoms with van der Waals surface area (Å²) < 4.78 is 1.12. The van der Waals surface area contributed by atoms with Gasteiger partial charge in [-0.1, -0.05) is 40.2 Å². The Morgan fingerprint density at radius 1 is 1.35 bits per heavy atom. The molecule has 0 aromatic heterocycles. The van der Waals surface area contributed by atoms with Crippen LogP contribution >= 0.6 is 15.9 Å². The van der Waals surface area contributed by atoms with E-state index in [4.69, 9.17) is 5.73 Å². The Labute approximate surface area is 111 Å². The standard InChI is InChI=1S/C14H17BrN2/c1-11(13-4-6-14(15)7-5-13)17-8-2-3-12(9-16)10-17/h2-7,10-11H,8-9,16H2,1H3. The first-order valence-electron chi connectivity index (χ1n) is 5.79. The van der Waals surface area contributed by atoms with E-state index in [0.29, 0.717) is 12.6 Å². The fraction of sp³-hybridized carbons (Fsp3) is 0.286. The first-order valence-corrected chi connectivity index (χ1v) is 6.58. The van der Waals surface area contributed by atoms with Crippen molar-refractivity contribution < 1.29 is 0 Å². The van der Waals surface area contributed by atoms with E-state index >= 15 is 0 Å². The number of nitrogens with zero attached hydrogens (tertiary/aromatic N) is 1. The highest BCUT2D eigenvalue weighted by Crippen LogP contribution is 2.24. The number of rotatable bonds is 3. The first-order chi connectivity index (χ1) is 8.20. The minimum atomic E-state index is 0.370. The summed E-state index contributed by atoms with van der Waals surface area (Å²) in [7, 11) is 0. The largest absolute Gasteiger partial charge is 0.367 e. The average Bonchev–Trinajstić information content (AvgIpc) is 2.39. The molecule has 1 aromatic rings. The van der Waals surface area contributed by atoms with E-state index in [-0.39, 0.29) is 0 Å². The number of hydrogen-bond acceptors (Lipinski definition) is 2. The second-order valence-electron chi connectivity index (χ2n) is 4.23. The molecule has 0 bridgehead atoms. The molecule has 17 heavy (non-hydrogen) atoms. The molecular weight excluding hydrogens is 276 g/mol. The van der Waals surface area contributed by atoms with Gasteiger partial charge < -0.3 is 10.6 Å². The molecule has 0 radical (unpaired) electrons. The third-order valence-corrected chi connectivity index (χ3v) is 3.59. The maximum atomic E-state index is 5.67. The Hall–Kier alpha value is -1.06. The van der Waals surface area contributed by atoms with Crippen molar-refractivity contribution in [3.8, 4) is 0 Å². The van der Waals surface area contributed by atoms with Crippen LogP contribution in [0.15, 0.2) is 52.7 Å². The van der Waals surface area contributed by atoms with Crippen LogP contribution in [-0.4, -0.2) is 18.0 Å². The lowest BCUT2D eigenvalue weighted by Gasteiger charge is -2.30. The van der Waals surface area contributed by atoms with Crippen molar-refractivity contribution in [1.29, 1.82) is 0 Å². The fourth-order valence-corrected chi connectivity index (χ4v) is 2.22. The molecule has 2 nitrogen and oxygen atoms in total. The van der Waals surface area contributed by atoms with E-state index in [1.54, 1.807) is 0 Å². The summed E-state index contributed by atoms with van der Waals surface area (Å²) >= 11 is 3.46. The number of halogens is 1. The van der Waals surface area contributed by atoms with Crippen LogP contribution in [0.1, 0.15) is 18.5 Å². The van der Waals surface area contributed by atoms with Crippen LogP contribution in [0.3, 0.4) is 0 Å². The highest BCUT2D eigenvalue weighted by atomic mass is 79.9. The summed E-state index contributed by atoms with van der Waals surface area (Å²) in [6.07, 6.45) is 6.43. The second-order valence-corrected chi connectivity index (χ2v) is 5.15. The molecule has 0 saturated carbocycles. The molecule has 2 N–H and O–H groups in total. The predicted octanol–water partition coefficient (Wildman–Crippen LogP) is 3.22. The lowest BCUT2D eigenvalue weighted by atomic mass is 10.1. The van der Waals surface area contributed by atoms with Crippen LogP contribution < -0.4 is 5.73 Å². The third kappa shape index (κ3) is 2.99. The number of nitrogens with two attached hydrogens (primary N) is 1. The third-order valence-electron chi connectivity index (χ3n) is 3.07. The molecule has 2 rings (SSSR count). The van der Waals surface area contributed by atoms with E-state index in [2.05, 4.69) is 70.4 Å². The number of benzene rings is 1. The molecule has 0 amide bonds. The van der Waals surface area contributed by atoms with Gasteiger partial charge in [0.1, 0.15) is 0 Å². The average molecular weight is 293 g/mol. The maximum absolute atomic E-state index is 5.67. The van der Waals surface area contributed by atoms with Crippen LogP contribution in [0.5, 0.6) is 0 Å². The van der Waals surface area contributed by atoms with Gasteiger partial charge in [-0.2, -0.15) is 0 Å². The summed E-state index contributed by atoms with van der Waals surface area (Å²) in [5, 5.41) is 0. The topological polar surface area (TPSA) is 29.3 Å². The van der Waals surface area contributed by atoms with Gasteiger partial charge in [0.15, 0.2) is 0 Å². The molecule has 1 aromatic carbocycles. The molecule has 3 heteroatoms. The minimum Gasteiger partial charge on any atom is -0.367 e. The highest BCUT2D eigenvalue weighted by Gasteiger charge is 2.13. The molecule has 1 aliphatic rings. The minimum absolute atomic E-state index is 0.370. The van der Waals surface area contributed by atoms with Crippen molar-refractivity contribution in [2.75, 3.05) is 13.1 Å². The SMILES string of the molecule is CC(c1ccc(Br)cc1)N1C=C(CN)C=CC1. The molecule has 0 spiro atoms. The normalized spacial score (nSPS) is 16.9. The monoisotopic (exact) mass is 292 g/mol. The van der Waals surface area contributed by atoms with E-state index in [1.807, 2.05) is 0 Å². The maximum Gasteiger partial charge on any atom is 0.0512 e. The van der Waals surface area contributed by atoms with Gasteiger partial charge in [0.05, 0.1) is 6.04 Å². The Balaban J connectivity index is 2.15. The van der Waals surface area contributed by atoms with E-state index in [0.717, 1.165) is 11.0 Å². The Morgan fingerprint density at radius 2 is 2.06 bits per heavy atom. The predicted molar refractivity (Wildman–Crippen MR) is 75.5 cm³/mol. The molecule has 0 fully saturated rings. The Kier molecular flexibility index (Phi) is 4.02. The van der Waals surface area contributed by atoms with Crippen molar-refractivity contribution in [2.24, 2.45) is 5.73 Å². The van der Waals surface area contributed by atoms with Crippen molar-refractivity contribution in [2.45, 2.75) is 13.0 Å².